The van der Waals surface area contributed by atoms with Crippen LogP contribution in [0.1, 0.15) is 49.7 Å². The molecule has 3 aromatic rings. The number of amides is 1. The maximum absolute atomic E-state index is 14.1. The Morgan fingerprint density at radius 1 is 1.25 bits per heavy atom. The fraction of sp³-hybridized carbons (Fsp3) is 0.400. The Balaban J connectivity index is 1.82. The predicted octanol–water partition coefficient (Wildman–Crippen LogP) is 2.81. The van der Waals surface area contributed by atoms with Gasteiger partial charge >= 0.3 is 0 Å². The Labute approximate surface area is 162 Å². The number of fused-ring (bicyclic) bond motifs is 1. The minimum absolute atomic E-state index is 0.0850. The third kappa shape index (κ3) is 3.67. The van der Waals surface area contributed by atoms with Gasteiger partial charge in [0.2, 0.25) is 5.91 Å². The van der Waals surface area contributed by atoms with Gasteiger partial charge in [-0.15, -0.1) is 0 Å². The van der Waals surface area contributed by atoms with Crippen molar-refractivity contribution in [3.8, 4) is 0 Å². The second kappa shape index (κ2) is 7.53. The van der Waals surface area contributed by atoms with E-state index in [0.29, 0.717) is 22.2 Å². The monoisotopic (exact) mass is 385 g/mol. The minimum atomic E-state index is -0.530. The molecule has 148 valence electrons. The SMILES string of the molecule is Cc1ccc([C@H](C)NC(=O)Cn2ncc3c(c(C)nn3C(C)C)c2=O)c(F)c1. The van der Waals surface area contributed by atoms with Crippen molar-refractivity contribution in [3.63, 3.8) is 0 Å². The van der Waals surface area contributed by atoms with Gasteiger partial charge in [0.25, 0.3) is 5.56 Å². The molecule has 0 fully saturated rings. The third-order valence-electron chi connectivity index (χ3n) is 4.67. The quantitative estimate of drug-likeness (QED) is 0.732. The Morgan fingerprint density at radius 3 is 2.61 bits per heavy atom. The molecule has 1 atom stereocenters. The maximum atomic E-state index is 14.1. The van der Waals surface area contributed by atoms with E-state index in [1.54, 1.807) is 43.8 Å². The fourth-order valence-corrected chi connectivity index (χ4v) is 3.25. The summed E-state index contributed by atoms with van der Waals surface area (Å²) in [6.45, 7) is 8.94. The molecule has 0 bridgehead atoms. The number of halogens is 1. The van der Waals surface area contributed by atoms with Gasteiger partial charge in [-0.3, -0.25) is 14.3 Å². The molecule has 0 radical (unpaired) electrons. The summed E-state index contributed by atoms with van der Waals surface area (Å²) in [6, 6.07) is 4.42. The molecule has 28 heavy (non-hydrogen) atoms. The first-order chi connectivity index (χ1) is 13.2. The van der Waals surface area contributed by atoms with Crippen molar-refractivity contribution in [1.29, 1.82) is 0 Å². The summed E-state index contributed by atoms with van der Waals surface area (Å²) in [5, 5.41) is 11.7. The average Bonchev–Trinajstić information content (AvgIpc) is 2.95. The number of rotatable bonds is 5. The lowest BCUT2D eigenvalue weighted by Crippen LogP contribution is -2.35. The first-order valence-corrected chi connectivity index (χ1v) is 9.19. The highest BCUT2D eigenvalue weighted by atomic mass is 19.1. The molecule has 1 N–H and O–H groups in total. The topological polar surface area (TPSA) is 81.8 Å². The molecule has 0 aliphatic rings. The number of aromatic nitrogens is 4. The van der Waals surface area contributed by atoms with E-state index in [0.717, 1.165) is 10.2 Å². The van der Waals surface area contributed by atoms with Crippen LogP contribution in [-0.2, 0) is 11.3 Å². The summed E-state index contributed by atoms with van der Waals surface area (Å²) in [6.07, 6.45) is 1.55. The van der Waals surface area contributed by atoms with Crippen molar-refractivity contribution in [1.82, 2.24) is 24.9 Å². The lowest BCUT2D eigenvalue weighted by molar-refractivity contribution is -0.122. The molecule has 8 heteroatoms. The smallest absolute Gasteiger partial charge is 0.278 e. The standard InChI is InChI=1S/C20H24FN5O2/c1-11(2)26-17-9-22-25(20(28)19(17)14(5)24-26)10-18(27)23-13(4)15-7-6-12(3)8-16(15)21/h6-9,11,13H,10H2,1-5H3,(H,23,27)/t13-/m0/s1. The van der Waals surface area contributed by atoms with E-state index >= 15 is 0 Å². The van der Waals surface area contributed by atoms with E-state index in [-0.39, 0.29) is 24.0 Å². The lowest BCUT2D eigenvalue weighted by Gasteiger charge is -2.16. The molecular weight excluding hydrogens is 361 g/mol. The molecule has 1 amide bonds. The summed E-state index contributed by atoms with van der Waals surface area (Å²) in [4.78, 5) is 25.2. The van der Waals surface area contributed by atoms with E-state index < -0.39 is 11.9 Å². The Kier molecular flexibility index (Phi) is 5.31. The van der Waals surface area contributed by atoms with Crippen LogP contribution in [-0.4, -0.2) is 25.5 Å². The normalized spacial score (nSPS) is 12.5. The maximum Gasteiger partial charge on any atom is 0.278 e. The van der Waals surface area contributed by atoms with Crippen LogP contribution in [0.4, 0.5) is 4.39 Å². The molecular formula is C20H24FN5O2. The zero-order valence-corrected chi connectivity index (χ0v) is 16.7. The van der Waals surface area contributed by atoms with Crippen LogP contribution < -0.4 is 10.9 Å². The molecule has 0 unspecified atom stereocenters. The van der Waals surface area contributed by atoms with Gasteiger partial charge in [-0.25, -0.2) is 9.07 Å². The van der Waals surface area contributed by atoms with E-state index in [1.165, 1.54) is 6.07 Å². The molecule has 3 rings (SSSR count). The minimum Gasteiger partial charge on any atom is -0.348 e. The number of carbonyl (C=O) groups is 1. The van der Waals surface area contributed by atoms with Crippen LogP contribution in [0.25, 0.3) is 10.9 Å². The first-order valence-electron chi connectivity index (χ1n) is 9.19. The zero-order chi connectivity index (χ0) is 20.6. The Morgan fingerprint density at radius 2 is 1.96 bits per heavy atom. The molecule has 0 saturated heterocycles. The van der Waals surface area contributed by atoms with Crippen molar-refractivity contribution in [3.05, 3.63) is 57.4 Å². The third-order valence-corrected chi connectivity index (χ3v) is 4.67. The number of carbonyl (C=O) groups excluding carboxylic acids is 1. The van der Waals surface area contributed by atoms with E-state index in [1.807, 2.05) is 13.8 Å². The largest absolute Gasteiger partial charge is 0.348 e. The van der Waals surface area contributed by atoms with Gasteiger partial charge in [0, 0.05) is 11.6 Å². The van der Waals surface area contributed by atoms with E-state index in [2.05, 4.69) is 15.5 Å². The summed E-state index contributed by atoms with van der Waals surface area (Å²) >= 11 is 0. The van der Waals surface area contributed by atoms with Gasteiger partial charge in [-0.05, 0) is 46.2 Å². The fourth-order valence-electron chi connectivity index (χ4n) is 3.25. The number of nitrogens with zero attached hydrogens (tertiary/aromatic N) is 4. The van der Waals surface area contributed by atoms with Gasteiger partial charge in [0.1, 0.15) is 12.4 Å². The van der Waals surface area contributed by atoms with Crippen molar-refractivity contribution in [2.45, 2.75) is 53.2 Å². The van der Waals surface area contributed by atoms with E-state index in [4.69, 9.17) is 0 Å². The predicted molar refractivity (Wildman–Crippen MR) is 105 cm³/mol. The molecule has 7 nitrogen and oxygen atoms in total. The molecule has 0 aliphatic heterocycles. The van der Waals surface area contributed by atoms with Crippen molar-refractivity contribution < 1.29 is 9.18 Å². The number of aryl methyl sites for hydroxylation is 2. The Hall–Kier alpha value is -3.03. The van der Waals surface area contributed by atoms with Crippen LogP contribution in [0.5, 0.6) is 0 Å². The van der Waals surface area contributed by atoms with Crippen LogP contribution in [0.15, 0.2) is 29.2 Å². The number of hydrogen-bond acceptors (Lipinski definition) is 4. The van der Waals surface area contributed by atoms with Gasteiger partial charge in [0.05, 0.1) is 28.8 Å². The molecule has 0 spiro atoms. The second-order valence-corrected chi connectivity index (χ2v) is 7.31. The average molecular weight is 385 g/mol. The molecule has 0 aliphatic carbocycles. The van der Waals surface area contributed by atoms with Crippen LogP contribution >= 0.6 is 0 Å². The lowest BCUT2D eigenvalue weighted by atomic mass is 10.1. The molecule has 2 heterocycles. The van der Waals surface area contributed by atoms with Crippen molar-refractivity contribution in [2.24, 2.45) is 0 Å². The highest BCUT2D eigenvalue weighted by Gasteiger charge is 2.18. The molecule has 1 aromatic carbocycles. The van der Waals surface area contributed by atoms with Crippen LogP contribution in [0.2, 0.25) is 0 Å². The van der Waals surface area contributed by atoms with Gasteiger partial charge < -0.3 is 5.32 Å². The van der Waals surface area contributed by atoms with Crippen LogP contribution in [0, 0.1) is 19.7 Å². The van der Waals surface area contributed by atoms with Gasteiger partial charge in [-0.2, -0.15) is 10.2 Å². The summed E-state index contributed by atoms with van der Waals surface area (Å²) in [5.41, 5.74) is 2.07. The molecule has 0 saturated carbocycles. The van der Waals surface area contributed by atoms with Gasteiger partial charge in [-0.1, -0.05) is 12.1 Å². The van der Waals surface area contributed by atoms with Crippen molar-refractivity contribution in [2.75, 3.05) is 0 Å². The molecule has 2 aromatic heterocycles. The van der Waals surface area contributed by atoms with Crippen LogP contribution in [0.3, 0.4) is 0 Å². The second-order valence-electron chi connectivity index (χ2n) is 7.31. The first kappa shape index (κ1) is 19.7. The summed E-state index contributed by atoms with van der Waals surface area (Å²) < 4.78 is 16.9. The number of benzene rings is 1. The number of hydrogen-bond donors (Lipinski definition) is 1. The highest BCUT2D eigenvalue weighted by molar-refractivity contribution is 5.81. The highest BCUT2D eigenvalue weighted by Crippen LogP contribution is 2.19. The summed E-state index contributed by atoms with van der Waals surface area (Å²) in [5.74, 6) is -0.795. The van der Waals surface area contributed by atoms with Crippen molar-refractivity contribution >= 4 is 16.8 Å². The number of nitrogens with one attached hydrogen (secondary N) is 1. The Bertz CT molecular complexity index is 1100. The summed E-state index contributed by atoms with van der Waals surface area (Å²) in [7, 11) is 0. The van der Waals surface area contributed by atoms with E-state index in [9.17, 15) is 14.0 Å². The zero-order valence-electron chi connectivity index (χ0n) is 16.7. The van der Waals surface area contributed by atoms with Gasteiger partial charge in [0.15, 0.2) is 0 Å².